The van der Waals surface area contributed by atoms with Crippen LogP contribution in [0.4, 0.5) is 0 Å². The number of aldehydes is 1. The second kappa shape index (κ2) is 31.0. The van der Waals surface area contributed by atoms with Crippen molar-refractivity contribution in [3.63, 3.8) is 0 Å². The number of hydrogen-bond acceptors (Lipinski definition) is 10. The van der Waals surface area contributed by atoms with Crippen molar-refractivity contribution in [3.05, 3.63) is 29.8 Å². The fourth-order valence-corrected chi connectivity index (χ4v) is 3.69. The molecule has 0 atom stereocenters. The normalized spacial score (nSPS) is 11.2. The van der Waals surface area contributed by atoms with Crippen molar-refractivity contribution in [2.24, 2.45) is 0 Å². The van der Waals surface area contributed by atoms with E-state index in [1.54, 1.807) is 24.3 Å². The smallest absolute Gasteiger partial charge is 0.150 e. The maximum Gasteiger partial charge on any atom is 0.150 e. The Bertz CT molecular complexity index is 650. The van der Waals surface area contributed by atoms with Gasteiger partial charge in [-0.05, 0) is 41.5 Å². The van der Waals surface area contributed by atoms with Gasteiger partial charge < -0.3 is 42.6 Å². The summed E-state index contributed by atoms with van der Waals surface area (Å²) in [6, 6.07) is 6.95. The van der Waals surface area contributed by atoms with Gasteiger partial charge in [0.05, 0.1) is 99.1 Å². The molecule has 0 heterocycles. The van der Waals surface area contributed by atoms with E-state index in [0.717, 1.165) is 19.3 Å². The van der Waals surface area contributed by atoms with Crippen LogP contribution in [0.1, 0.15) is 36.0 Å². The van der Waals surface area contributed by atoms with E-state index in [1.807, 2.05) is 0 Å². The van der Waals surface area contributed by atoms with Crippen molar-refractivity contribution in [2.45, 2.75) is 25.7 Å². The lowest BCUT2D eigenvalue weighted by atomic mass is 10.2. The topological polar surface area (TPSA) is 100 Å². The summed E-state index contributed by atoms with van der Waals surface area (Å²) in [6.45, 7) is 9.24. The molecule has 232 valence electrons. The number of ether oxygens (including phenoxy) is 9. The van der Waals surface area contributed by atoms with E-state index in [0.29, 0.717) is 117 Å². The van der Waals surface area contributed by atoms with Gasteiger partial charge in [0.25, 0.3) is 0 Å². The van der Waals surface area contributed by atoms with Gasteiger partial charge in [-0.25, -0.2) is 0 Å². The van der Waals surface area contributed by atoms with E-state index < -0.39 is 0 Å². The lowest BCUT2D eigenvalue weighted by Gasteiger charge is -2.09. The zero-order chi connectivity index (χ0) is 28.6. The first-order valence-corrected chi connectivity index (χ1v) is 15.8. The summed E-state index contributed by atoms with van der Waals surface area (Å²) < 4.78 is 50.6. The average Bonchev–Trinajstić information content (AvgIpc) is 2.98. The van der Waals surface area contributed by atoms with E-state index in [4.69, 9.17) is 42.6 Å². The molecule has 0 saturated heterocycles. The van der Waals surface area contributed by atoms with Crippen LogP contribution in [0, 0.1) is 0 Å². The quantitative estimate of drug-likeness (QED) is 0.0480. The van der Waals surface area contributed by atoms with Crippen LogP contribution in [0.5, 0.6) is 5.75 Å². The van der Waals surface area contributed by atoms with Crippen molar-refractivity contribution in [1.82, 2.24) is 0 Å². The van der Waals surface area contributed by atoms with Crippen LogP contribution < -0.4 is 4.74 Å². The molecule has 0 saturated carbocycles. The fraction of sp³-hybridized carbons (Fsp3) is 0.759. The van der Waals surface area contributed by atoms with Gasteiger partial charge in [0, 0.05) is 12.2 Å². The van der Waals surface area contributed by atoms with Crippen LogP contribution >= 0.6 is 22.6 Å². The molecular formula is C29H49IO10. The van der Waals surface area contributed by atoms with Crippen molar-refractivity contribution >= 4 is 28.9 Å². The Labute approximate surface area is 253 Å². The lowest BCUT2D eigenvalue weighted by Crippen LogP contribution is -2.15. The summed E-state index contributed by atoms with van der Waals surface area (Å²) in [7, 11) is 0. The molecule has 0 spiro atoms. The maximum atomic E-state index is 10.6. The summed E-state index contributed by atoms with van der Waals surface area (Å²) >= 11 is 2.42. The molecule has 40 heavy (non-hydrogen) atoms. The summed E-state index contributed by atoms with van der Waals surface area (Å²) in [4.78, 5) is 10.6. The van der Waals surface area contributed by atoms with Crippen LogP contribution in [0.15, 0.2) is 24.3 Å². The van der Waals surface area contributed by atoms with Crippen LogP contribution in [0.3, 0.4) is 0 Å². The molecule has 0 aromatic heterocycles. The van der Waals surface area contributed by atoms with Gasteiger partial charge in [-0.3, -0.25) is 4.79 Å². The molecule has 0 radical (unpaired) electrons. The number of halogens is 1. The van der Waals surface area contributed by atoms with Gasteiger partial charge in [-0.1, -0.05) is 35.4 Å². The standard InChI is InChI=1S/C29H49IO10/c30-9-3-1-2-4-10-32-11-12-33-13-14-34-15-16-35-17-18-36-19-20-37-21-22-38-23-24-39-25-26-40-29-7-5-28(27-31)6-8-29/h5-8,27H,1-4,9-26H2. The van der Waals surface area contributed by atoms with Gasteiger partial charge in [0.1, 0.15) is 18.6 Å². The molecule has 0 N–H and O–H groups in total. The first-order valence-electron chi connectivity index (χ1n) is 14.2. The molecule has 11 heteroatoms. The van der Waals surface area contributed by atoms with E-state index >= 15 is 0 Å². The molecule has 0 aliphatic carbocycles. The summed E-state index contributed by atoms with van der Waals surface area (Å²) in [6.07, 6.45) is 5.78. The molecule has 1 aromatic rings. The second-order valence-corrected chi connectivity index (χ2v) is 9.62. The third-order valence-electron chi connectivity index (χ3n) is 5.29. The molecule has 0 bridgehead atoms. The van der Waals surface area contributed by atoms with E-state index in [1.165, 1.54) is 23.7 Å². The third-order valence-corrected chi connectivity index (χ3v) is 6.05. The van der Waals surface area contributed by atoms with Crippen LogP contribution in [-0.2, 0) is 37.9 Å². The number of alkyl halides is 1. The number of benzene rings is 1. The molecule has 0 aliphatic rings. The molecule has 1 rings (SSSR count). The number of hydrogen-bond donors (Lipinski definition) is 0. The molecule has 0 fully saturated rings. The summed E-state index contributed by atoms with van der Waals surface area (Å²) in [5, 5.41) is 0. The van der Waals surface area contributed by atoms with Gasteiger partial charge in [0.15, 0.2) is 0 Å². The number of unbranched alkanes of at least 4 members (excludes halogenated alkanes) is 3. The predicted molar refractivity (Wildman–Crippen MR) is 161 cm³/mol. The zero-order valence-corrected chi connectivity index (χ0v) is 26.1. The predicted octanol–water partition coefficient (Wildman–Crippen LogP) is 4.01. The monoisotopic (exact) mass is 684 g/mol. The van der Waals surface area contributed by atoms with E-state index in [2.05, 4.69) is 22.6 Å². The highest BCUT2D eigenvalue weighted by Crippen LogP contribution is 2.10. The van der Waals surface area contributed by atoms with Crippen molar-refractivity contribution in [1.29, 1.82) is 0 Å². The first-order chi connectivity index (χ1) is 19.9. The molecule has 0 amide bonds. The number of carbonyl (C=O) groups is 1. The number of carbonyl (C=O) groups excluding carboxylic acids is 1. The minimum absolute atomic E-state index is 0.438. The fourth-order valence-electron chi connectivity index (χ4n) is 3.15. The number of rotatable bonds is 32. The van der Waals surface area contributed by atoms with E-state index in [9.17, 15) is 4.79 Å². The summed E-state index contributed by atoms with van der Waals surface area (Å²) in [5.41, 5.74) is 0.623. The Morgan fingerprint density at radius 2 is 0.800 bits per heavy atom. The Morgan fingerprint density at radius 3 is 1.18 bits per heavy atom. The minimum Gasteiger partial charge on any atom is -0.491 e. The first kappa shape index (κ1) is 37.1. The van der Waals surface area contributed by atoms with Crippen LogP contribution in [0.2, 0.25) is 0 Å². The second-order valence-electron chi connectivity index (χ2n) is 8.54. The molecule has 0 unspecified atom stereocenters. The highest BCUT2D eigenvalue weighted by Gasteiger charge is 1.97. The average molecular weight is 685 g/mol. The van der Waals surface area contributed by atoms with Crippen LogP contribution in [-0.4, -0.2) is 123 Å². The highest BCUT2D eigenvalue weighted by atomic mass is 127. The van der Waals surface area contributed by atoms with E-state index in [-0.39, 0.29) is 0 Å². The minimum atomic E-state index is 0.438. The lowest BCUT2D eigenvalue weighted by molar-refractivity contribution is -0.0236. The van der Waals surface area contributed by atoms with Crippen molar-refractivity contribution < 1.29 is 47.4 Å². The zero-order valence-electron chi connectivity index (χ0n) is 23.9. The highest BCUT2D eigenvalue weighted by molar-refractivity contribution is 14.1. The molecule has 10 nitrogen and oxygen atoms in total. The summed E-state index contributed by atoms with van der Waals surface area (Å²) in [5.74, 6) is 0.710. The van der Waals surface area contributed by atoms with Crippen molar-refractivity contribution in [2.75, 3.05) is 117 Å². The SMILES string of the molecule is O=Cc1ccc(OCCOCCOCCOCCOCCOCCOCCOCCOCCCCCCI)cc1. The van der Waals surface area contributed by atoms with Gasteiger partial charge in [0.2, 0.25) is 0 Å². The van der Waals surface area contributed by atoms with Crippen LogP contribution in [0.25, 0.3) is 0 Å². The molecular weight excluding hydrogens is 635 g/mol. The van der Waals surface area contributed by atoms with Gasteiger partial charge in [-0.15, -0.1) is 0 Å². The largest absolute Gasteiger partial charge is 0.491 e. The molecule has 0 aliphatic heterocycles. The van der Waals surface area contributed by atoms with Gasteiger partial charge in [-0.2, -0.15) is 0 Å². The Hall–Kier alpha value is -0.900. The molecule has 1 aromatic carbocycles. The Balaban J connectivity index is 1.65. The Morgan fingerprint density at radius 1 is 0.450 bits per heavy atom. The van der Waals surface area contributed by atoms with Crippen molar-refractivity contribution in [3.8, 4) is 5.75 Å². The Kier molecular flexibility index (Phi) is 28.8. The third kappa shape index (κ3) is 26.0. The van der Waals surface area contributed by atoms with Gasteiger partial charge >= 0.3 is 0 Å². The maximum absolute atomic E-state index is 10.6.